The average molecular weight is 780 g/mol. The first kappa shape index (κ1) is 37.5. The summed E-state index contributed by atoms with van der Waals surface area (Å²) in [6, 6.07) is 41.9. The van der Waals surface area contributed by atoms with Crippen LogP contribution in [0.15, 0.2) is 126 Å². The number of benzene rings is 5. The van der Waals surface area contributed by atoms with Crippen LogP contribution >= 0.6 is 35.3 Å². The number of thiocarbonyl (C=S) groups is 1. The summed E-state index contributed by atoms with van der Waals surface area (Å²) in [7, 11) is 0. The Balaban J connectivity index is 1.07. The minimum Gasteiger partial charge on any atom is -0.480 e. The lowest BCUT2D eigenvalue weighted by molar-refractivity contribution is -0.137. The molecule has 7 nitrogen and oxygen atoms in total. The van der Waals surface area contributed by atoms with E-state index in [2.05, 4.69) is 128 Å². The molecule has 1 fully saturated rings. The molecule has 5 aromatic carbocycles. The highest BCUT2D eigenvalue weighted by Gasteiger charge is 2.33. The Morgan fingerprint density at radius 2 is 1.16 bits per heavy atom. The second kappa shape index (κ2) is 16.3. The smallest absolute Gasteiger partial charge is 0.323 e. The van der Waals surface area contributed by atoms with Gasteiger partial charge in [0.15, 0.2) is 0 Å². The standard InChI is InChI=1S/C45H37N3O4S3/c1-4-46-43(52)41(55-45(46)53)44-47(28-40(49)50)42(51)39(54-44)27-33-13-19-35(20-14-33)34-17-11-31(12-18-34)9-10-32-15-25-38(26-16-32)48(36-21-5-29(2)6-22-36)37-23-7-30(3)8-24-37/h5-27H,4,28H2,1-3H3,(H,49,50)/b10-9+,39-27+,44-41-. The van der Waals surface area contributed by atoms with Crippen LogP contribution in [0.1, 0.15) is 34.7 Å². The molecule has 0 unspecified atom stereocenters. The van der Waals surface area contributed by atoms with Gasteiger partial charge in [-0.25, -0.2) is 0 Å². The number of hydrogen-bond acceptors (Lipinski definition) is 7. The molecule has 1 N–H and O–H groups in total. The SMILES string of the molecule is CCN1C(=O)/C(=c2/s/c(=C/c3ccc(-c4ccc(/C=C/c5ccc(N(c6ccc(C)cc6)c6ccc(C)cc6)cc5)cc4)cc3)c(=O)n2CC(=O)O)SC1=S. The lowest BCUT2D eigenvalue weighted by atomic mass is 10.0. The highest BCUT2D eigenvalue weighted by atomic mass is 32.2. The lowest BCUT2D eigenvalue weighted by Gasteiger charge is -2.25. The van der Waals surface area contributed by atoms with Gasteiger partial charge in [-0.1, -0.05) is 132 Å². The van der Waals surface area contributed by atoms with Gasteiger partial charge in [-0.05, 0) is 91.1 Å². The number of hydrogen-bond donors (Lipinski definition) is 1. The van der Waals surface area contributed by atoms with Crippen LogP contribution in [0.5, 0.6) is 0 Å². The summed E-state index contributed by atoms with van der Waals surface area (Å²) in [6.45, 7) is 5.86. The van der Waals surface area contributed by atoms with Gasteiger partial charge in [0.2, 0.25) is 0 Å². The molecule has 55 heavy (non-hydrogen) atoms. The van der Waals surface area contributed by atoms with Crippen LogP contribution in [0, 0.1) is 13.8 Å². The minimum absolute atomic E-state index is 0.278. The van der Waals surface area contributed by atoms with Crippen molar-refractivity contribution in [3.63, 3.8) is 0 Å². The van der Waals surface area contributed by atoms with Crippen LogP contribution in [-0.4, -0.2) is 37.3 Å². The second-order valence-corrected chi connectivity index (χ2v) is 15.8. The van der Waals surface area contributed by atoms with Crippen molar-refractivity contribution in [1.29, 1.82) is 0 Å². The number of rotatable bonds is 10. The van der Waals surface area contributed by atoms with E-state index in [0.717, 1.165) is 72.5 Å². The Kier molecular flexibility index (Phi) is 11.1. The largest absolute Gasteiger partial charge is 0.480 e. The van der Waals surface area contributed by atoms with Gasteiger partial charge in [0.1, 0.15) is 20.4 Å². The number of carboxylic acids is 1. The number of aromatic nitrogens is 1. The van der Waals surface area contributed by atoms with Crippen molar-refractivity contribution >= 4 is 91.7 Å². The Labute approximate surface area is 332 Å². The van der Waals surface area contributed by atoms with Crippen molar-refractivity contribution in [2.24, 2.45) is 0 Å². The number of aryl methyl sites for hydroxylation is 2. The van der Waals surface area contributed by atoms with Gasteiger partial charge in [0, 0.05) is 23.6 Å². The first-order valence-corrected chi connectivity index (χ1v) is 19.8. The van der Waals surface area contributed by atoms with E-state index >= 15 is 0 Å². The van der Waals surface area contributed by atoms with Gasteiger partial charge in [0.05, 0.1) is 4.53 Å². The topological polar surface area (TPSA) is 82.9 Å². The molecule has 0 aliphatic carbocycles. The zero-order chi connectivity index (χ0) is 38.6. The van der Waals surface area contributed by atoms with E-state index in [9.17, 15) is 19.5 Å². The van der Waals surface area contributed by atoms with Crippen LogP contribution < -0.4 is 19.7 Å². The number of nitrogens with zero attached hydrogens (tertiary/aromatic N) is 3. The van der Waals surface area contributed by atoms with Crippen molar-refractivity contribution in [3.8, 4) is 11.1 Å². The van der Waals surface area contributed by atoms with E-state index in [1.54, 1.807) is 6.08 Å². The van der Waals surface area contributed by atoms with E-state index in [-0.39, 0.29) is 10.8 Å². The average Bonchev–Trinajstić information content (AvgIpc) is 3.65. The van der Waals surface area contributed by atoms with Crippen LogP contribution in [-0.2, 0) is 16.1 Å². The fourth-order valence-corrected chi connectivity index (χ4v) is 8.88. The molecule has 1 saturated heterocycles. The van der Waals surface area contributed by atoms with Crippen LogP contribution in [0.25, 0.3) is 34.3 Å². The third kappa shape index (κ3) is 8.32. The first-order valence-electron chi connectivity index (χ1n) is 17.7. The molecule has 0 bridgehead atoms. The third-order valence-corrected chi connectivity index (χ3v) is 11.9. The van der Waals surface area contributed by atoms with Gasteiger partial charge >= 0.3 is 5.97 Å². The predicted octanol–water partition coefficient (Wildman–Crippen LogP) is 8.74. The maximum Gasteiger partial charge on any atom is 0.323 e. The molecular weight excluding hydrogens is 743 g/mol. The first-order chi connectivity index (χ1) is 26.6. The highest BCUT2D eigenvalue weighted by molar-refractivity contribution is 8.30. The molecular formula is C45H37N3O4S3. The van der Waals surface area contributed by atoms with E-state index in [1.807, 2.05) is 31.2 Å². The fraction of sp³-hybridized carbons (Fsp3) is 0.111. The third-order valence-electron chi connectivity index (χ3n) is 9.22. The summed E-state index contributed by atoms with van der Waals surface area (Å²) < 4.78 is 2.18. The summed E-state index contributed by atoms with van der Waals surface area (Å²) in [5.41, 5.74) is 10.3. The molecule has 274 valence electrons. The van der Waals surface area contributed by atoms with Gasteiger partial charge in [0.25, 0.3) is 11.5 Å². The van der Waals surface area contributed by atoms with Crippen molar-refractivity contribution in [2.75, 3.05) is 11.4 Å². The highest BCUT2D eigenvalue weighted by Crippen LogP contribution is 2.35. The summed E-state index contributed by atoms with van der Waals surface area (Å²) in [6.07, 6.45) is 5.94. The number of anilines is 3. The second-order valence-electron chi connectivity index (χ2n) is 13.1. The molecule has 0 radical (unpaired) electrons. The monoisotopic (exact) mass is 779 g/mol. The number of thioether (sulfide) groups is 1. The number of aliphatic carboxylic acids is 1. The normalized spacial score (nSPS) is 14.3. The molecule has 0 atom stereocenters. The Bertz CT molecular complexity index is 2560. The molecule has 1 amide bonds. The van der Waals surface area contributed by atoms with Gasteiger partial charge < -0.3 is 10.0 Å². The Morgan fingerprint density at radius 3 is 1.62 bits per heavy atom. The molecule has 6 aromatic rings. The van der Waals surface area contributed by atoms with Gasteiger partial charge in [-0.3, -0.25) is 23.9 Å². The molecule has 1 aliphatic rings. The lowest BCUT2D eigenvalue weighted by Crippen LogP contribution is -2.35. The van der Waals surface area contributed by atoms with Crippen molar-refractivity contribution in [3.05, 3.63) is 169 Å². The van der Waals surface area contributed by atoms with Gasteiger partial charge in [-0.2, -0.15) is 0 Å². The molecule has 1 aromatic heterocycles. The van der Waals surface area contributed by atoms with Crippen LogP contribution in [0.4, 0.5) is 17.1 Å². The summed E-state index contributed by atoms with van der Waals surface area (Å²) >= 11 is 7.54. The van der Waals surface area contributed by atoms with E-state index in [1.165, 1.54) is 16.0 Å². The number of carbonyl (C=O) groups is 2. The van der Waals surface area contributed by atoms with Crippen molar-refractivity contribution < 1.29 is 14.7 Å². The van der Waals surface area contributed by atoms with E-state index in [0.29, 0.717) is 20.1 Å². The molecule has 0 saturated carbocycles. The van der Waals surface area contributed by atoms with Crippen LogP contribution in [0.2, 0.25) is 0 Å². The Morgan fingerprint density at radius 1 is 0.709 bits per heavy atom. The van der Waals surface area contributed by atoms with E-state index in [4.69, 9.17) is 12.2 Å². The molecule has 1 aliphatic heterocycles. The fourth-order valence-electron chi connectivity index (χ4n) is 6.24. The zero-order valence-electron chi connectivity index (χ0n) is 30.4. The quantitative estimate of drug-likeness (QED) is 0.110. The van der Waals surface area contributed by atoms with E-state index < -0.39 is 18.1 Å². The maximum absolute atomic E-state index is 13.3. The van der Waals surface area contributed by atoms with Crippen LogP contribution in [0.3, 0.4) is 0 Å². The predicted molar refractivity (Wildman–Crippen MR) is 231 cm³/mol. The summed E-state index contributed by atoms with van der Waals surface area (Å²) in [4.78, 5) is 42.0. The number of thiazole rings is 1. The molecule has 2 heterocycles. The maximum atomic E-state index is 13.3. The minimum atomic E-state index is -1.17. The summed E-state index contributed by atoms with van der Waals surface area (Å²) in [5, 5.41) is 9.51. The molecule has 10 heteroatoms. The summed E-state index contributed by atoms with van der Waals surface area (Å²) in [5.74, 6) is -1.48. The number of amides is 1. The van der Waals surface area contributed by atoms with Crippen molar-refractivity contribution in [2.45, 2.75) is 27.3 Å². The number of carboxylic acid groups (broad SMARTS) is 1. The molecule has 7 rings (SSSR count). The number of carbonyl (C=O) groups excluding carboxylic acids is 1. The van der Waals surface area contributed by atoms with Crippen molar-refractivity contribution in [1.82, 2.24) is 9.47 Å². The zero-order valence-corrected chi connectivity index (χ0v) is 32.9. The Hall–Kier alpha value is -5.81. The van der Waals surface area contributed by atoms with Gasteiger partial charge in [-0.15, -0.1) is 11.3 Å². The molecule has 0 spiro atoms.